The minimum Gasteiger partial charge on any atom is -0.395 e. The Morgan fingerprint density at radius 2 is 2.31 bits per heavy atom. The predicted octanol–water partition coefficient (Wildman–Crippen LogP) is 0.958. The molecule has 16 heavy (non-hydrogen) atoms. The summed E-state index contributed by atoms with van der Waals surface area (Å²) in [6.45, 7) is -0.817. The summed E-state index contributed by atoms with van der Waals surface area (Å²) in [4.78, 5) is 15.8. The molecule has 1 aromatic heterocycles. The van der Waals surface area contributed by atoms with Gasteiger partial charge in [-0.15, -0.1) is 0 Å². The average Bonchev–Trinajstić information content (AvgIpc) is 2.28. The normalized spacial score (nSPS) is 10.5. The van der Waals surface area contributed by atoms with E-state index in [1.165, 1.54) is 17.2 Å². The number of aliphatic hydroxyl groups excluding tert-OH is 1. The maximum atomic E-state index is 12.3. The number of aldehydes is 1. The zero-order valence-electron chi connectivity index (χ0n) is 8.51. The Labute approximate surface area is 91.5 Å². The molecular weight excluding hydrogens is 218 g/mol. The van der Waals surface area contributed by atoms with Crippen molar-refractivity contribution in [1.29, 1.82) is 0 Å². The zero-order valence-corrected chi connectivity index (χ0v) is 8.51. The molecule has 0 saturated heterocycles. The fraction of sp³-hybridized carbons (Fsp3) is 0.400. The van der Waals surface area contributed by atoms with Crippen molar-refractivity contribution in [1.82, 2.24) is 4.98 Å². The summed E-state index contributed by atoms with van der Waals surface area (Å²) in [5.41, 5.74) is 0.233. The lowest BCUT2D eigenvalue weighted by Crippen LogP contribution is -2.33. The number of carbonyl (C=O) groups is 1. The fourth-order valence-corrected chi connectivity index (χ4v) is 1.34. The van der Waals surface area contributed by atoms with E-state index in [4.69, 9.17) is 5.11 Å². The molecule has 6 heteroatoms. The van der Waals surface area contributed by atoms with E-state index in [1.54, 1.807) is 6.07 Å². The largest absolute Gasteiger partial charge is 0.395 e. The molecule has 0 radical (unpaired) electrons. The SMILES string of the molecule is O=Cc1cccnc1N(CCO)CC(F)F. The van der Waals surface area contributed by atoms with Crippen molar-refractivity contribution >= 4 is 12.1 Å². The summed E-state index contributed by atoms with van der Waals surface area (Å²) in [5, 5.41) is 8.77. The number of aromatic nitrogens is 1. The third-order valence-corrected chi connectivity index (χ3v) is 1.97. The van der Waals surface area contributed by atoms with Gasteiger partial charge in [0.05, 0.1) is 18.7 Å². The maximum Gasteiger partial charge on any atom is 0.255 e. The molecule has 0 aromatic carbocycles. The third-order valence-electron chi connectivity index (χ3n) is 1.97. The molecule has 0 aliphatic rings. The van der Waals surface area contributed by atoms with Gasteiger partial charge < -0.3 is 10.0 Å². The second-order valence-electron chi connectivity index (χ2n) is 3.09. The summed E-state index contributed by atoms with van der Waals surface area (Å²) in [7, 11) is 0. The number of hydrogen-bond donors (Lipinski definition) is 1. The molecule has 0 amide bonds. The molecule has 0 atom stereocenters. The Hall–Kier alpha value is -1.56. The van der Waals surface area contributed by atoms with E-state index in [9.17, 15) is 13.6 Å². The van der Waals surface area contributed by atoms with E-state index in [0.29, 0.717) is 6.29 Å². The van der Waals surface area contributed by atoms with E-state index in [1.807, 2.05) is 0 Å². The van der Waals surface area contributed by atoms with Crippen LogP contribution in [-0.2, 0) is 0 Å². The van der Waals surface area contributed by atoms with Gasteiger partial charge in [-0.05, 0) is 12.1 Å². The quantitative estimate of drug-likeness (QED) is 0.739. The number of nitrogens with zero attached hydrogens (tertiary/aromatic N) is 2. The highest BCUT2D eigenvalue weighted by molar-refractivity contribution is 5.82. The van der Waals surface area contributed by atoms with E-state index in [2.05, 4.69) is 4.98 Å². The Morgan fingerprint density at radius 1 is 1.56 bits per heavy atom. The highest BCUT2D eigenvalue weighted by Gasteiger charge is 2.16. The molecule has 0 bridgehead atoms. The minimum atomic E-state index is -2.55. The Balaban J connectivity index is 2.94. The lowest BCUT2D eigenvalue weighted by Gasteiger charge is -2.23. The van der Waals surface area contributed by atoms with Crippen LogP contribution < -0.4 is 4.90 Å². The maximum absolute atomic E-state index is 12.3. The number of alkyl halides is 2. The number of hydrogen-bond acceptors (Lipinski definition) is 4. The molecule has 0 aliphatic carbocycles. The first-order valence-electron chi connectivity index (χ1n) is 4.73. The summed E-state index contributed by atoms with van der Waals surface area (Å²) >= 11 is 0. The van der Waals surface area contributed by atoms with Gasteiger partial charge in [0.2, 0.25) is 0 Å². The van der Waals surface area contributed by atoms with Crippen LogP contribution in [0.2, 0.25) is 0 Å². The van der Waals surface area contributed by atoms with Crippen molar-refractivity contribution in [3.63, 3.8) is 0 Å². The van der Waals surface area contributed by atoms with Crippen LogP contribution in [0.5, 0.6) is 0 Å². The van der Waals surface area contributed by atoms with Crippen LogP contribution in [0.15, 0.2) is 18.3 Å². The molecular formula is C10H12F2N2O2. The topological polar surface area (TPSA) is 53.4 Å². The van der Waals surface area contributed by atoms with Crippen LogP contribution >= 0.6 is 0 Å². The van der Waals surface area contributed by atoms with Gasteiger partial charge in [-0.1, -0.05) is 0 Å². The molecule has 1 aromatic rings. The van der Waals surface area contributed by atoms with Crippen molar-refractivity contribution in [3.8, 4) is 0 Å². The molecule has 0 aliphatic heterocycles. The first kappa shape index (κ1) is 12.5. The Kier molecular flexibility index (Phi) is 4.78. The standard InChI is InChI=1S/C10H12F2N2O2/c11-9(12)6-14(4-5-15)10-8(7-16)2-1-3-13-10/h1-3,7,9,15H,4-6H2. The highest BCUT2D eigenvalue weighted by Crippen LogP contribution is 2.16. The van der Waals surface area contributed by atoms with Crippen LogP contribution in [0.3, 0.4) is 0 Å². The lowest BCUT2D eigenvalue weighted by atomic mass is 10.2. The van der Waals surface area contributed by atoms with E-state index in [0.717, 1.165) is 0 Å². The van der Waals surface area contributed by atoms with E-state index in [-0.39, 0.29) is 24.5 Å². The van der Waals surface area contributed by atoms with Crippen LogP contribution in [0, 0.1) is 0 Å². The lowest BCUT2D eigenvalue weighted by molar-refractivity contribution is 0.112. The Bertz CT molecular complexity index is 347. The minimum absolute atomic E-state index is 0.0161. The van der Waals surface area contributed by atoms with Gasteiger partial charge in [-0.25, -0.2) is 13.8 Å². The molecule has 0 spiro atoms. The number of pyridine rings is 1. The summed E-state index contributed by atoms with van der Waals surface area (Å²) in [6.07, 6.45) is -0.579. The van der Waals surface area contributed by atoms with Gasteiger partial charge in [0.15, 0.2) is 6.29 Å². The fourth-order valence-electron chi connectivity index (χ4n) is 1.34. The molecule has 1 heterocycles. The number of rotatable bonds is 6. The molecule has 0 fully saturated rings. The molecule has 0 saturated carbocycles. The van der Waals surface area contributed by atoms with Gasteiger partial charge in [0.25, 0.3) is 6.43 Å². The first-order chi connectivity index (χ1) is 7.69. The summed E-state index contributed by atoms with van der Waals surface area (Å²) in [6, 6.07) is 3.04. The number of aliphatic hydroxyl groups is 1. The summed E-state index contributed by atoms with van der Waals surface area (Å²) < 4.78 is 24.6. The van der Waals surface area contributed by atoms with E-state index < -0.39 is 13.0 Å². The van der Waals surface area contributed by atoms with Gasteiger partial charge >= 0.3 is 0 Å². The number of anilines is 1. The smallest absolute Gasteiger partial charge is 0.255 e. The molecule has 1 rings (SSSR count). The van der Waals surface area contributed by atoms with Crippen molar-refractivity contribution in [2.45, 2.75) is 6.43 Å². The molecule has 88 valence electrons. The van der Waals surface area contributed by atoms with Crippen molar-refractivity contribution in [2.75, 3.05) is 24.6 Å². The highest BCUT2D eigenvalue weighted by atomic mass is 19.3. The number of halogens is 2. The van der Waals surface area contributed by atoms with Crippen molar-refractivity contribution in [2.24, 2.45) is 0 Å². The first-order valence-corrected chi connectivity index (χ1v) is 4.73. The zero-order chi connectivity index (χ0) is 12.0. The molecule has 0 unspecified atom stereocenters. The van der Waals surface area contributed by atoms with Gasteiger partial charge in [0, 0.05) is 12.7 Å². The Morgan fingerprint density at radius 3 is 2.88 bits per heavy atom. The van der Waals surface area contributed by atoms with Crippen molar-refractivity contribution < 1.29 is 18.7 Å². The second-order valence-corrected chi connectivity index (χ2v) is 3.09. The van der Waals surface area contributed by atoms with Gasteiger partial charge in [-0.2, -0.15) is 0 Å². The molecule has 4 nitrogen and oxygen atoms in total. The predicted molar refractivity (Wildman–Crippen MR) is 54.9 cm³/mol. The second kappa shape index (κ2) is 6.12. The van der Waals surface area contributed by atoms with Crippen LogP contribution in [0.1, 0.15) is 10.4 Å². The average molecular weight is 230 g/mol. The van der Waals surface area contributed by atoms with Gasteiger partial charge in [-0.3, -0.25) is 4.79 Å². The van der Waals surface area contributed by atoms with Crippen LogP contribution in [0.4, 0.5) is 14.6 Å². The van der Waals surface area contributed by atoms with E-state index >= 15 is 0 Å². The van der Waals surface area contributed by atoms with Crippen LogP contribution in [-0.4, -0.2) is 42.5 Å². The number of carbonyl (C=O) groups excluding carboxylic acids is 1. The van der Waals surface area contributed by atoms with Crippen molar-refractivity contribution in [3.05, 3.63) is 23.9 Å². The summed E-state index contributed by atoms with van der Waals surface area (Å²) in [5.74, 6) is 0.173. The van der Waals surface area contributed by atoms with Crippen LogP contribution in [0.25, 0.3) is 0 Å². The molecule has 1 N–H and O–H groups in total. The third kappa shape index (κ3) is 3.23. The van der Waals surface area contributed by atoms with Gasteiger partial charge in [0.1, 0.15) is 5.82 Å². The monoisotopic (exact) mass is 230 g/mol.